The van der Waals surface area contributed by atoms with Crippen LogP contribution in [0.4, 0.5) is 0 Å². The maximum absolute atomic E-state index is 12.2. The number of rotatable bonds is 10. The highest BCUT2D eigenvalue weighted by molar-refractivity contribution is 6.71. The van der Waals surface area contributed by atoms with Gasteiger partial charge in [-0.3, -0.25) is 0 Å². The van der Waals surface area contributed by atoms with Gasteiger partial charge in [-0.2, -0.15) is 0 Å². The van der Waals surface area contributed by atoms with Crippen molar-refractivity contribution in [3.8, 4) is 0 Å². The third-order valence-electron chi connectivity index (χ3n) is 6.15. The summed E-state index contributed by atoms with van der Waals surface area (Å²) in [5.74, 6) is 0. The van der Waals surface area contributed by atoms with Crippen molar-refractivity contribution < 1.29 is 28.5 Å². The van der Waals surface area contributed by atoms with Crippen LogP contribution in [0.25, 0.3) is 0 Å². The van der Waals surface area contributed by atoms with Crippen LogP contribution in [0, 0.1) is 0 Å². The van der Waals surface area contributed by atoms with Crippen LogP contribution in [-0.2, 0) is 36.6 Å². The predicted octanol–water partition coefficient (Wildman–Crippen LogP) is 4.27. The van der Waals surface area contributed by atoms with Crippen LogP contribution in [0.5, 0.6) is 0 Å². The second kappa shape index (κ2) is 10.4. The first kappa shape index (κ1) is 24.5. The monoisotopic (exact) mass is 472 g/mol. The van der Waals surface area contributed by atoms with E-state index in [1.54, 1.807) is 0 Å². The minimum absolute atomic E-state index is 0.0844. The van der Waals surface area contributed by atoms with Crippen molar-refractivity contribution in [2.24, 2.45) is 0 Å². The molecule has 0 aliphatic carbocycles. The molecule has 0 spiro atoms. The van der Waals surface area contributed by atoms with E-state index in [0.29, 0.717) is 25.9 Å². The predicted molar refractivity (Wildman–Crippen MR) is 128 cm³/mol. The molecule has 2 aliphatic rings. The fourth-order valence-corrected chi connectivity index (χ4v) is 8.13. The molecule has 0 saturated carbocycles. The summed E-state index contributed by atoms with van der Waals surface area (Å²) in [5.41, 5.74) is 0.797. The zero-order chi connectivity index (χ0) is 23.5. The van der Waals surface area contributed by atoms with Gasteiger partial charge in [0, 0.05) is 12.1 Å². The fraction of sp³-hybridized carbons (Fsp3) is 0.538. The standard InChI is InChI=1S/C26H36O6Si/c1-19(2)32-33(3,4)18-26(27)22-17-30-25(31-22)23(28-15-20-11-7-5-8-12-20)24(26)29-16-21-13-9-6-10-14-21/h5-14,19,22-25,27H,15-18H2,1-4H3/t22-,23+,24+,25-,26-/m1/s1. The molecule has 6 nitrogen and oxygen atoms in total. The molecule has 0 unspecified atom stereocenters. The zero-order valence-corrected chi connectivity index (χ0v) is 21.0. The molecule has 2 fully saturated rings. The van der Waals surface area contributed by atoms with E-state index in [1.165, 1.54) is 0 Å². The summed E-state index contributed by atoms with van der Waals surface area (Å²) < 4.78 is 31.1. The fourth-order valence-electron chi connectivity index (χ4n) is 4.98. The second-order valence-electron chi connectivity index (χ2n) is 9.90. The quantitative estimate of drug-likeness (QED) is 0.521. The third kappa shape index (κ3) is 5.92. The van der Waals surface area contributed by atoms with Crippen LogP contribution in [-0.4, -0.2) is 56.3 Å². The Bertz CT molecular complexity index is 877. The van der Waals surface area contributed by atoms with Crippen LogP contribution < -0.4 is 0 Å². The summed E-state index contributed by atoms with van der Waals surface area (Å²) >= 11 is 0. The summed E-state index contributed by atoms with van der Waals surface area (Å²) in [7, 11) is -2.25. The van der Waals surface area contributed by atoms with E-state index in [9.17, 15) is 5.11 Å². The van der Waals surface area contributed by atoms with E-state index in [4.69, 9.17) is 23.4 Å². The molecular formula is C26H36O6Si. The van der Waals surface area contributed by atoms with Gasteiger partial charge in [-0.1, -0.05) is 60.7 Å². The van der Waals surface area contributed by atoms with Gasteiger partial charge in [-0.25, -0.2) is 0 Å². The molecule has 0 aromatic heterocycles. The summed E-state index contributed by atoms with van der Waals surface area (Å²) in [6.45, 7) is 9.36. The Morgan fingerprint density at radius 2 is 1.55 bits per heavy atom. The van der Waals surface area contributed by atoms with Crippen molar-refractivity contribution in [1.29, 1.82) is 0 Å². The summed E-state index contributed by atoms with van der Waals surface area (Å²) in [5, 5.41) is 12.2. The third-order valence-corrected chi connectivity index (χ3v) is 8.68. The average molecular weight is 473 g/mol. The molecule has 2 aromatic rings. The lowest BCUT2D eigenvalue weighted by Crippen LogP contribution is -2.66. The van der Waals surface area contributed by atoms with Gasteiger partial charge in [0.25, 0.3) is 0 Å². The van der Waals surface area contributed by atoms with Crippen molar-refractivity contribution in [2.45, 2.75) is 82.5 Å². The molecule has 0 radical (unpaired) electrons. The zero-order valence-electron chi connectivity index (χ0n) is 20.0. The van der Waals surface area contributed by atoms with Gasteiger partial charge >= 0.3 is 0 Å². The highest BCUT2D eigenvalue weighted by Crippen LogP contribution is 2.43. The van der Waals surface area contributed by atoms with Crippen LogP contribution in [0.15, 0.2) is 60.7 Å². The summed E-state index contributed by atoms with van der Waals surface area (Å²) in [6.07, 6.45) is -2.16. The molecular weight excluding hydrogens is 436 g/mol. The molecule has 180 valence electrons. The molecule has 2 saturated heterocycles. The van der Waals surface area contributed by atoms with Gasteiger partial charge in [0.15, 0.2) is 14.6 Å². The number of hydrogen-bond donors (Lipinski definition) is 1. The second-order valence-corrected chi connectivity index (χ2v) is 14.0. The molecule has 33 heavy (non-hydrogen) atoms. The Labute approximate surface area is 197 Å². The van der Waals surface area contributed by atoms with E-state index in [1.807, 2.05) is 74.5 Å². The average Bonchev–Trinajstić information content (AvgIpc) is 3.23. The molecule has 7 heteroatoms. The molecule has 2 aromatic carbocycles. The van der Waals surface area contributed by atoms with Crippen molar-refractivity contribution in [3.05, 3.63) is 71.8 Å². The molecule has 2 heterocycles. The number of ether oxygens (including phenoxy) is 4. The van der Waals surface area contributed by atoms with Crippen molar-refractivity contribution in [2.75, 3.05) is 6.61 Å². The van der Waals surface area contributed by atoms with Gasteiger partial charge in [0.2, 0.25) is 0 Å². The Balaban J connectivity index is 1.60. The topological polar surface area (TPSA) is 66.4 Å². The highest BCUT2D eigenvalue weighted by Gasteiger charge is 2.62. The molecule has 4 rings (SSSR count). The summed E-state index contributed by atoms with van der Waals surface area (Å²) in [6, 6.07) is 20.4. The van der Waals surface area contributed by atoms with Gasteiger partial charge < -0.3 is 28.5 Å². The van der Waals surface area contributed by atoms with E-state index < -0.39 is 38.5 Å². The van der Waals surface area contributed by atoms with E-state index in [-0.39, 0.29) is 6.10 Å². The Morgan fingerprint density at radius 3 is 2.12 bits per heavy atom. The molecule has 5 atom stereocenters. The minimum Gasteiger partial charge on any atom is -0.415 e. The van der Waals surface area contributed by atoms with Gasteiger partial charge in [-0.05, 0) is 38.1 Å². The lowest BCUT2D eigenvalue weighted by Gasteiger charge is -2.48. The van der Waals surface area contributed by atoms with E-state index in [0.717, 1.165) is 11.1 Å². The maximum Gasteiger partial charge on any atom is 0.190 e. The van der Waals surface area contributed by atoms with Gasteiger partial charge in [-0.15, -0.1) is 0 Å². The number of aliphatic hydroxyl groups is 1. The first-order chi connectivity index (χ1) is 15.8. The van der Waals surface area contributed by atoms with Crippen LogP contribution >= 0.6 is 0 Å². The molecule has 2 aliphatic heterocycles. The molecule has 1 N–H and O–H groups in total. The van der Waals surface area contributed by atoms with Crippen LogP contribution in [0.3, 0.4) is 0 Å². The normalized spacial score (nSPS) is 29.5. The van der Waals surface area contributed by atoms with E-state index in [2.05, 4.69) is 13.1 Å². The van der Waals surface area contributed by atoms with Crippen LogP contribution in [0.1, 0.15) is 25.0 Å². The maximum atomic E-state index is 12.2. The molecule has 0 amide bonds. The highest BCUT2D eigenvalue weighted by atomic mass is 28.4. The first-order valence-corrected chi connectivity index (χ1v) is 14.9. The van der Waals surface area contributed by atoms with E-state index >= 15 is 0 Å². The molecule has 2 bridgehead atoms. The lowest BCUT2D eigenvalue weighted by molar-refractivity contribution is -0.288. The van der Waals surface area contributed by atoms with Crippen molar-refractivity contribution >= 4 is 8.32 Å². The van der Waals surface area contributed by atoms with Gasteiger partial charge in [0.1, 0.15) is 23.9 Å². The smallest absolute Gasteiger partial charge is 0.190 e. The number of fused-ring (bicyclic) bond motifs is 2. The van der Waals surface area contributed by atoms with Gasteiger partial charge in [0.05, 0.1) is 19.8 Å². The largest absolute Gasteiger partial charge is 0.415 e. The summed E-state index contributed by atoms with van der Waals surface area (Å²) in [4.78, 5) is 0. The first-order valence-electron chi connectivity index (χ1n) is 11.8. The number of hydrogen-bond acceptors (Lipinski definition) is 6. The Hall–Kier alpha value is -1.58. The Kier molecular flexibility index (Phi) is 7.70. The minimum atomic E-state index is -2.25. The lowest BCUT2D eigenvalue weighted by atomic mass is 9.86. The van der Waals surface area contributed by atoms with Crippen LogP contribution in [0.2, 0.25) is 19.1 Å². The number of benzene rings is 2. The van der Waals surface area contributed by atoms with Crippen molar-refractivity contribution in [1.82, 2.24) is 0 Å². The Morgan fingerprint density at radius 1 is 0.970 bits per heavy atom. The van der Waals surface area contributed by atoms with Crippen molar-refractivity contribution in [3.63, 3.8) is 0 Å². The SMILES string of the molecule is CC(C)O[Si](C)(C)C[C@@]1(O)[C@H]2CO[C@H](O2)[C@@H](OCc2ccccc2)[C@@H]1OCc1ccccc1.